The van der Waals surface area contributed by atoms with E-state index in [1.165, 1.54) is 32.1 Å². The van der Waals surface area contributed by atoms with E-state index in [4.69, 9.17) is 11.6 Å². The maximum Gasteiger partial charge on any atom is 0.220 e. The average Bonchev–Trinajstić information content (AvgIpc) is 2.30. The molecule has 0 spiro atoms. The van der Waals surface area contributed by atoms with E-state index in [1.807, 2.05) is 0 Å². The van der Waals surface area contributed by atoms with Crippen LogP contribution in [0.15, 0.2) is 0 Å². The standard InChI is InChI=1S/C14H28ClNO/c1-4-5-6-7-8-9-10-14(17)16-13(11-15)12(2)3/h12-13H,4-11H2,1-3H3,(H,16,17). The number of carbonyl (C=O) groups excluding carboxylic acids is 1. The molecule has 0 aliphatic rings. The van der Waals surface area contributed by atoms with E-state index in [1.54, 1.807) is 0 Å². The highest BCUT2D eigenvalue weighted by Gasteiger charge is 2.14. The minimum Gasteiger partial charge on any atom is -0.352 e. The molecule has 0 aromatic heterocycles. The maximum atomic E-state index is 11.6. The van der Waals surface area contributed by atoms with Crippen LogP contribution in [-0.4, -0.2) is 17.8 Å². The van der Waals surface area contributed by atoms with Crippen LogP contribution in [-0.2, 0) is 4.79 Å². The number of nitrogens with one attached hydrogen (secondary N) is 1. The number of carbonyl (C=O) groups is 1. The molecule has 0 saturated carbocycles. The summed E-state index contributed by atoms with van der Waals surface area (Å²) in [6.07, 6.45) is 7.95. The van der Waals surface area contributed by atoms with Gasteiger partial charge in [0.1, 0.15) is 0 Å². The molecule has 0 aliphatic carbocycles. The smallest absolute Gasteiger partial charge is 0.220 e. The molecule has 1 unspecified atom stereocenters. The van der Waals surface area contributed by atoms with Crippen molar-refractivity contribution in [1.29, 1.82) is 0 Å². The van der Waals surface area contributed by atoms with Crippen molar-refractivity contribution in [3.63, 3.8) is 0 Å². The molecule has 1 N–H and O–H groups in total. The molecule has 0 rings (SSSR count). The van der Waals surface area contributed by atoms with Crippen molar-refractivity contribution in [2.45, 2.75) is 71.8 Å². The molecular weight excluding hydrogens is 234 g/mol. The van der Waals surface area contributed by atoms with Crippen LogP contribution in [0.4, 0.5) is 0 Å². The minimum absolute atomic E-state index is 0.115. The van der Waals surface area contributed by atoms with Crippen LogP contribution in [0, 0.1) is 5.92 Å². The zero-order valence-electron chi connectivity index (χ0n) is 11.6. The van der Waals surface area contributed by atoms with Crippen LogP contribution in [0.1, 0.15) is 65.7 Å². The molecule has 0 aromatic rings. The summed E-state index contributed by atoms with van der Waals surface area (Å²) in [5.41, 5.74) is 0. The monoisotopic (exact) mass is 261 g/mol. The Kier molecular flexibility index (Phi) is 10.7. The Bertz CT molecular complexity index is 195. The largest absolute Gasteiger partial charge is 0.352 e. The van der Waals surface area contributed by atoms with Gasteiger partial charge in [-0.15, -0.1) is 11.6 Å². The molecular formula is C14H28ClNO. The van der Waals surface area contributed by atoms with Gasteiger partial charge in [-0.3, -0.25) is 4.79 Å². The minimum atomic E-state index is 0.115. The Morgan fingerprint density at radius 1 is 1.12 bits per heavy atom. The first-order valence-electron chi connectivity index (χ1n) is 6.97. The van der Waals surface area contributed by atoms with Crippen molar-refractivity contribution < 1.29 is 4.79 Å². The van der Waals surface area contributed by atoms with E-state index in [0.29, 0.717) is 18.2 Å². The predicted molar refractivity (Wildman–Crippen MR) is 75.5 cm³/mol. The molecule has 102 valence electrons. The number of rotatable bonds is 10. The summed E-state index contributed by atoms with van der Waals surface area (Å²) in [6, 6.07) is 0.115. The highest BCUT2D eigenvalue weighted by molar-refractivity contribution is 6.18. The Labute approximate surface area is 111 Å². The van der Waals surface area contributed by atoms with Gasteiger partial charge in [0, 0.05) is 18.3 Å². The molecule has 2 nitrogen and oxygen atoms in total. The van der Waals surface area contributed by atoms with E-state index < -0.39 is 0 Å². The molecule has 17 heavy (non-hydrogen) atoms. The van der Waals surface area contributed by atoms with Gasteiger partial charge in [0.05, 0.1) is 0 Å². The van der Waals surface area contributed by atoms with Crippen molar-refractivity contribution in [2.24, 2.45) is 5.92 Å². The first-order chi connectivity index (χ1) is 8.11. The third kappa shape index (κ3) is 9.46. The third-order valence-corrected chi connectivity index (χ3v) is 3.41. The third-order valence-electron chi connectivity index (χ3n) is 3.07. The molecule has 0 radical (unpaired) electrons. The van der Waals surface area contributed by atoms with Crippen LogP contribution >= 0.6 is 11.6 Å². The lowest BCUT2D eigenvalue weighted by Gasteiger charge is -2.19. The summed E-state index contributed by atoms with van der Waals surface area (Å²) in [7, 11) is 0. The van der Waals surface area contributed by atoms with Crippen LogP contribution < -0.4 is 5.32 Å². The SMILES string of the molecule is CCCCCCCCC(=O)NC(CCl)C(C)C. The Morgan fingerprint density at radius 2 is 1.71 bits per heavy atom. The number of halogens is 1. The van der Waals surface area contributed by atoms with Gasteiger partial charge in [-0.1, -0.05) is 52.9 Å². The zero-order chi connectivity index (χ0) is 13.1. The summed E-state index contributed by atoms with van der Waals surface area (Å²) >= 11 is 5.81. The fourth-order valence-electron chi connectivity index (χ4n) is 1.73. The highest BCUT2D eigenvalue weighted by atomic mass is 35.5. The number of hydrogen-bond acceptors (Lipinski definition) is 1. The normalized spacial score (nSPS) is 12.8. The van der Waals surface area contributed by atoms with Gasteiger partial charge in [0.2, 0.25) is 5.91 Å². The van der Waals surface area contributed by atoms with Crippen LogP contribution in [0.25, 0.3) is 0 Å². The van der Waals surface area contributed by atoms with Crippen molar-refractivity contribution in [1.82, 2.24) is 5.32 Å². The Hall–Kier alpha value is -0.240. The highest BCUT2D eigenvalue weighted by Crippen LogP contribution is 2.08. The maximum absolute atomic E-state index is 11.6. The van der Waals surface area contributed by atoms with Crippen molar-refractivity contribution in [2.75, 3.05) is 5.88 Å². The number of unbranched alkanes of at least 4 members (excludes halogenated alkanes) is 5. The quantitative estimate of drug-likeness (QED) is 0.465. The predicted octanol–water partition coefficient (Wildman–Crippen LogP) is 4.12. The van der Waals surface area contributed by atoms with E-state index >= 15 is 0 Å². The first kappa shape index (κ1) is 16.8. The number of amides is 1. The van der Waals surface area contributed by atoms with Gasteiger partial charge in [0.25, 0.3) is 0 Å². The van der Waals surface area contributed by atoms with Crippen molar-refractivity contribution in [3.05, 3.63) is 0 Å². The molecule has 1 atom stereocenters. The van der Waals surface area contributed by atoms with Gasteiger partial charge < -0.3 is 5.32 Å². The lowest BCUT2D eigenvalue weighted by Crippen LogP contribution is -2.39. The van der Waals surface area contributed by atoms with Gasteiger partial charge >= 0.3 is 0 Å². The lowest BCUT2D eigenvalue weighted by atomic mass is 10.1. The summed E-state index contributed by atoms with van der Waals surface area (Å²) in [6.45, 7) is 6.38. The second-order valence-corrected chi connectivity index (χ2v) is 5.40. The average molecular weight is 262 g/mol. The molecule has 0 fully saturated rings. The number of hydrogen-bond donors (Lipinski definition) is 1. The van der Waals surface area contributed by atoms with Crippen LogP contribution in [0.2, 0.25) is 0 Å². The van der Waals surface area contributed by atoms with E-state index in [2.05, 4.69) is 26.1 Å². The van der Waals surface area contributed by atoms with Crippen LogP contribution in [0.3, 0.4) is 0 Å². The van der Waals surface area contributed by atoms with Crippen molar-refractivity contribution in [3.8, 4) is 0 Å². The number of alkyl halides is 1. The van der Waals surface area contributed by atoms with Gasteiger partial charge in [0.15, 0.2) is 0 Å². The topological polar surface area (TPSA) is 29.1 Å². The zero-order valence-corrected chi connectivity index (χ0v) is 12.4. The molecule has 1 amide bonds. The molecule has 0 aromatic carbocycles. The molecule has 0 aliphatic heterocycles. The lowest BCUT2D eigenvalue weighted by molar-refractivity contribution is -0.122. The van der Waals surface area contributed by atoms with Gasteiger partial charge in [-0.05, 0) is 12.3 Å². The fraction of sp³-hybridized carbons (Fsp3) is 0.929. The van der Waals surface area contributed by atoms with Crippen LogP contribution in [0.5, 0.6) is 0 Å². The Balaban J connectivity index is 3.52. The molecule has 3 heteroatoms. The molecule has 0 bridgehead atoms. The first-order valence-corrected chi connectivity index (χ1v) is 7.50. The van der Waals surface area contributed by atoms with Gasteiger partial charge in [-0.2, -0.15) is 0 Å². The van der Waals surface area contributed by atoms with E-state index in [9.17, 15) is 4.79 Å². The summed E-state index contributed by atoms with van der Waals surface area (Å²) < 4.78 is 0. The molecule has 0 heterocycles. The van der Waals surface area contributed by atoms with Gasteiger partial charge in [-0.25, -0.2) is 0 Å². The van der Waals surface area contributed by atoms with E-state index in [-0.39, 0.29) is 11.9 Å². The van der Waals surface area contributed by atoms with E-state index in [0.717, 1.165) is 6.42 Å². The second-order valence-electron chi connectivity index (χ2n) is 5.09. The fourth-order valence-corrected chi connectivity index (χ4v) is 2.16. The Morgan fingerprint density at radius 3 is 2.24 bits per heavy atom. The summed E-state index contributed by atoms with van der Waals surface area (Å²) in [4.78, 5) is 11.6. The summed E-state index contributed by atoms with van der Waals surface area (Å²) in [5, 5.41) is 3.00. The molecule has 0 saturated heterocycles. The summed E-state index contributed by atoms with van der Waals surface area (Å²) in [5.74, 6) is 1.06. The van der Waals surface area contributed by atoms with Crippen molar-refractivity contribution >= 4 is 17.5 Å². The second kappa shape index (κ2) is 10.9.